The van der Waals surface area contributed by atoms with Gasteiger partial charge in [-0.15, -0.1) is 0 Å². The van der Waals surface area contributed by atoms with Gasteiger partial charge in [-0.25, -0.2) is 0 Å². The summed E-state index contributed by atoms with van der Waals surface area (Å²) < 4.78 is 0. The molecule has 2 aromatic rings. The van der Waals surface area contributed by atoms with Crippen LogP contribution in [-0.2, 0) is 12.8 Å². The van der Waals surface area contributed by atoms with Gasteiger partial charge in [0.05, 0.1) is 11.4 Å². The van der Waals surface area contributed by atoms with E-state index in [1.165, 1.54) is 0 Å². The lowest BCUT2D eigenvalue weighted by Crippen LogP contribution is -2.07. The molecular formula is C15H20N2O. The highest BCUT2D eigenvalue weighted by Gasteiger charge is 2.19. The average molecular weight is 244 g/mol. The van der Waals surface area contributed by atoms with Crippen LogP contribution in [0.3, 0.4) is 0 Å². The number of ketones is 1. The Morgan fingerprint density at radius 2 is 1.33 bits per heavy atom. The van der Waals surface area contributed by atoms with Crippen molar-refractivity contribution in [1.82, 2.24) is 9.97 Å². The molecule has 3 heteroatoms. The molecular weight excluding hydrogens is 224 g/mol. The predicted octanol–water partition coefficient (Wildman–Crippen LogP) is 3.32. The van der Waals surface area contributed by atoms with Gasteiger partial charge in [-0.3, -0.25) is 4.79 Å². The third-order valence-electron chi connectivity index (χ3n) is 3.28. The van der Waals surface area contributed by atoms with Crippen LogP contribution in [0, 0.1) is 13.8 Å². The molecule has 0 radical (unpaired) electrons. The number of aromatic amines is 2. The van der Waals surface area contributed by atoms with Crippen molar-refractivity contribution in [1.29, 1.82) is 0 Å². The first kappa shape index (κ1) is 12.7. The average Bonchev–Trinajstić information content (AvgIpc) is 2.91. The van der Waals surface area contributed by atoms with Crippen LogP contribution in [0.15, 0.2) is 12.1 Å². The van der Waals surface area contributed by atoms with Crippen LogP contribution in [0.5, 0.6) is 0 Å². The van der Waals surface area contributed by atoms with Gasteiger partial charge in [0.1, 0.15) is 0 Å². The van der Waals surface area contributed by atoms with Gasteiger partial charge in [0, 0.05) is 11.4 Å². The summed E-state index contributed by atoms with van der Waals surface area (Å²) in [6, 6.07) is 4.10. The molecule has 0 aliphatic carbocycles. The van der Waals surface area contributed by atoms with E-state index in [-0.39, 0.29) is 5.78 Å². The summed E-state index contributed by atoms with van der Waals surface area (Å²) in [7, 11) is 0. The second-order valence-corrected chi connectivity index (χ2v) is 4.74. The third-order valence-corrected chi connectivity index (χ3v) is 3.28. The predicted molar refractivity (Wildman–Crippen MR) is 73.2 cm³/mol. The van der Waals surface area contributed by atoms with Gasteiger partial charge >= 0.3 is 0 Å². The number of hydrogen-bond acceptors (Lipinski definition) is 1. The van der Waals surface area contributed by atoms with Crippen molar-refractivity contribution < 1.29 is 4.79 Å². The van der Waals surface area contributed by atoms with E-state index in [9.17, 15) is 4.79 Å². The Kier molecular flexibility index (Phi) is 3.41. The molecule has 3 nitrogen and oxygen atoms in total. The van der Waals surface area contributed by atoms with E-state index in [4.69, 9.17) is 0 Å². The maximum absolute atomic E-state index is 12.6. The minimum atomic E-state index is 0.0740. The summed E-state index contributed by atoms with van der Waals surface area (Å²) in [5, 5.41) is 0. The van der Waals surface area contributed by atoms with Crippen molar-refractivity contribution in [3.8, 4) is 0 Å². The summed E-state index contributed by atoms with van der Waals surface area (Å²) in [6.45, 7) is 8.10. The molecule has 18 heavy (non-hydrogen) atoms. The molecule has 0 fully saturated rings. The molecule has 0 aromatic carbocycles. The quantitative estimate of drug-likeness (QED) is 0.796. The zero-order chi connectivity index (χ0) is 13.3. The molecule has 0 spiro atoms. The molecule has 2 rings (SSSR count). The summed E-state index contributed by atoms with van der Waals surface area (Å²) in [5.74, 6) is 0.0740. The van der Waals surface area contributed by atoms with Gasteiger partial charge in [-0.1, -0.05) is 13.8 Å². The number of nitrogens with one attached hydrogen (secondary N) is 2. The van der Waals surface area contributed by atoms with Crippen LogP contribution >= 0.6 is 0 Å². The van der Waals surface area contributed by atoms with Gasteiger partial charge in [-0.05, 0) is 49.9 Å². The number of rotatable bonds is 4. The molecule has 2 aromatic heterocycles. The number of hydrogen-bond donors (Lipinski definition) is 2. The van der Waals surface area contributed by atoms with Crippen LogP contribution in [0.4, 0.5) is 0 Å². The molecule has 2 heterocycles. The normalized spacial score (nSPS) is 10.9. The smallest absolute Gasteiger partial charge is 0.225 e. The Bertz CT molecular complexity index is 525. The lowest BCUT2D eigenvalue weighted by atomic mass is 10.0. The fraction of sp³-hybridized carbons (Fsp3) is 0.400. The molecule has 0 saturated heterocycles. The van der Waals surface area contributed by atoms with Crippen LogP contribution in [0.2, 0.25) is 0 Å². The van der Waals surface area contributed by atoms with Crippen molar-refractivity contribution in [2.45, 2.75) is 40.5 Å². The summed E-state index contributed by atoms with van der Waals surface area (Å²) in [6.07, 6.45) is 1.74. The van der Waals surface area contributed by atoms with Crippen LogP contribution in [-0.4, -0.2) is 15.8 Å². The largest absolute Gasteiger partial charge is 0.356 e. The van der Waals surface area contributed by atoms with Crippen molar-refractivity contribution >= 4 is 5.78 Å². The first-order valence-electron chi connectivity index (χ1n) is 6.48. The van der Waals surface area contributed by atoms with Crippen LogP contribution < -0.4 is 0 Å². The van der Waals surface area contributed by atoms with Gasteiger partial charge in [-0.2, -0.15) is 0 Å². The standard InChI is InChI=1S/C15H20N2O/c1-5-11-7-9(3)16-13(11)15(18)14-12(6-2)8-10(4)17-14/h7-8,16-17H,5-6H2,1-4H3. The molecule has 0 amide bonds. The Morgan fingerprint density at radius 1 is 0.944 bits per heavy atom. The van der Waals surface area contributed by atoms with E-state index in [2.05, 4.69) is 35.9 Å². The van der Waals surface area contributed by atoms with Crippen molar-refractivity contribution in [3.63, 3.8) is 0 Å². The monoisotopic (exact) mass is 244 g/mol. The lowest BCUT2D eigenvalue weighted by molar-refractivity contribution is 0.102. The Balaban J connectivity index is 2.47. The lowest BCUT2D eigenvalue weighted by Gasteiger charge is -2.02. The summed E-state index contributed by atoms with van der Waals surface area (Å²) in [4.78, 5) is 18.9. The second-order valence-electron chi connectivity index (χ2n) is 4.74. The van der Waals surface area contributed by atoms with Gasteiger partial charge in [0.2, 0.25) is 5.78 Å². The fourth-order valence-electron chi connectivity index (χ4n) is 2.38. The number of carbonyl (C=O) groups excluding carboxylic acids is 1. The Hall–Kier alpha value is -1.77. The molecule has 0 aliphatic heterocycles. The molecule has 0 bridgehead atoms. The number of aromatic nitrogens is 2. The van der Waals surface area contributed by atoms with E-state index < -0.39 is 0 Å². The fourth-order valence-corrected chi connectivity index (χ4v) is 2.38. The molecule has 0 aliphatic rings. The summed E-state index contributed by atoms with van der Waals surface area (Å²) in [5.41, 5.74) is 5.71. The Morgan fingerprint density at radius 3 is 1.67 bits per heavy atom. The molecule has 0 atom stereocenters. The first-order chi connectivity index (χ1) is 8.56. The summed E-state index contributed by atoms with van der Waals surface area (Å²) >= 11 is 0. The van der Waals surface area contributed by atoms with E-state index in [0.29, 0.717) is 0 Å². The number of carbonyl (C=O) groups is 1. The minimum absolute atomic E-state index is 0.0740. The van der Waals surface area contributed by atoms with Gasteiger partial charge in [0.25, 0.3) is 0 Å². The molecule has 96 valence electrons. The Labute approximate surface area is 108 Å². The minimum Gasteiger partial charge on any atom is -0.356 e. The van der Waals surface area contributed by atoms with Crippen molar-refractivity contribution in [3.05, 3.63) is 46.0 Å². The SMILES string of the molecule is CCc1cc(C)[nH]c1C(=O)c1[nH]c(C)cc1CC. The zero-order valence-electron chi connectivity index (χ0n) is 11.5. The highest BCUT2D eigenvalue weighted by atomic mass is 16.1. The maximum Gasteiger partial charge on any atom is 0.225 e. The maximum atomic E-state index is 12.6. The van der Waals surface area contributed by atoms with E-state index in [1.807, 2.05) is 13.8 Å². The van der Waals surface area contributed by atoms with E-state index >= 15 is 0 Å². The molecule has 0 saturated carbocycles. The van der Waals surface area contributed by atoms with Crippen LogP contribution in [0.25, 0.3) is 0 Å². The molecule has 0 unspecified atom stereocenters. The van der Waals surface area contributed by atoms with E-state index in [0.717, 1.165) is 46.7 Å². The van der Waals surface area contributed by atoms with E-state index in [1.54, 1.807) is 0 Å². The van der Waals surface area contributed by atoms with Crippen molar-refractivity contribution in [2.24, 2.45) is 0 Å². The topological polar surface area (TPSA) is 48.6 Å². The number of aryl methyl sites for hydroxylation is 4. The van der Waals surface area contributed by atoms with Crippen LogP contribution in [0.1, 0.15) is 52.5 Å². The molecule has 2 N–H and O–H groups in total. The first-order valence-corrected chi connectivity index (χ1v) is 6.48. The third kappa shape index (κ3) is 2.13. The van der Waals surface area contributed by atoms with Gasteiger partial charge < -0.3 is 9.97 Å². The van der Waals surface area contributed by atoms with Crippen molar-refractivity contribution in [2.75, 3.05) is 0 Å². The highest BCUT2D eigenvalue weighted by molar-refractivity contribution is 6.08. The number of H-pyrrole nitrogens is 2. The zero-order valence-corrected chi connectivity index (χ0v) is 11.5. The highest BCUT2D eigenvalue weighted by Crippen LogP contribution is 2.19. The van der Waals surface area contributed by atoms with Gasteiger partial charge in [0.15, 0.2) is 0 Å². The second kappa shape index (κ2) is 4.84.